The van der Waals surface area contributed by atoms with Crippen LogP contribution in [0.1, 0.15) is 17.2 Å². The quantitative estimate of drug-likeness (QED) is 0.584. The van der Waals surface area contributed by atoms with Gasteiger partial charge in [0.2, 0.25) is 5.91 Å². The number of fused-ring (bicyclic) bond motifs is 1. The van der Waals surface area contributed by atoms with E-state index < -0.39 is 30.6 Å². The second-order valence-electron chi connectivity index (χ2n) is 4.42. The standard InChI is InChI=1S/C13H16N2O4/c16-7-10(13(18)19)15-12(17)11-9-4-2-1-3-8(9)5-6-14-11/h1-4,10-11,14,16H,5-7H2,(H,15,17)(H,18,19). The monoisotopic (exact) mass is 264 g/mol. The van der Waals surface area contributed by atoms with Gasteiger partial charge in [-0.3, -0.25) is 4.79 Å². The number of benzene rings is 1. The van der Waals surface area contributed by atoms with Crippen LogP contribution in [0.2, 0.25) is 0 Å². The van der Waals surface area contributed by atoms with E-state index in [-0.39, 0.29) is 0 Å². The topological polar surface area (TPSA) is 98.7 Å². The van der Waals surface area contributed by atoms with Gasteiger partial charge >= 0.3 is 5.97 Å². The summed E-state index contributed by atoms with van der Waals surface area (Å²) in [5.74, 6) is -1.69. The molecule has 1 aliphatic heterocycles. The van der Waals surface area contributed by atoms with Crippen molar-refractivity contribution in [3.05, 3.63) is 35.4 Å². The van der Waals surface area contributed by atoms with E-state index in [4.69, 9.17) is 10.2 Å². The summed E-state index contributed by atoms with van der Waals surface area (Å²) < 4.78 is 0. The molecule has 2 atom stereocenters. The number of carbonyl (C=O) groups excluding carboxylic acids is 1. The maximum Gasteiger partial charge on any atom is 0.328 e. The second kappa shape index (κ2) is 5.81. The highest BCUT2D eigenvalue weighted by Crippen LogP contribution is 2.22. The van der Waals surface area contributed by atoms with Gasteiger partial charge in [0, 0.05) is 6.54 Å². The first-order chi connectivity index (χ1) is 9.13. The van der Waals surface area contributed by atoms with Crippen LogP contribution in [0.3, 0.4) is 0 Å². The summed E-state index contributed by atoms with van der Waals surface area (Å²) in [5, 5.41) is 23.1. The Kier molecular flexibility index (Phi) is 4.13. The van der Waals surface area contributed by atoms with Gasteiger partial charge in [-0.05, 0) is 17.5 Å². The molecule has 1 heterocycles. The molecular weight excluding hydrogens is 248 g/mol. The summed E-state index contributed by atoms with van der Waals surface area (Å²) in [5.41, 5.74) is 1.94. The van der Waals surface area contributed by atoms with Crippen molar-refractivity contribution >= 4 is 11.9 Å². The zero-order chi connectivity index (χ0) is 13.8. The number of rotatable bonds is 4. The van der Waals surface area contributed by atoms with E-state index in [1.54, 1.807) is 0 Å². The molecule has 0 saturated heterocycles. The Morgan fingerprint density at radius 2 is 2.16 bits per heavy atom. The highest BCUT2D eigenvalue weighted by atomic mass is 16.4. The lowest BCUT2D eigenvalue weighted by molar-refractivity contribution is -0.143. The van der Waals surface area contributed by atoms with Crippen molar-refractivity contribution in [1.82, 2.24) is 10.6 Å². The van der Waals surface area contributed by atoms with E-state index in [1.807, 2.05) is 24.3 Å². The molecule has 1 amide bonds. The predicted molar refractivity (Wildman–Crippen MR) is 67.5 cm³/mol. The molecule has 2 rings (SSSR count). The van der Waals surface area contributed by atoms with Gasteiger partial charge in [-0.1, -0.05) is 24.3 Å². The molecule has 1 aliphatic rings. The number of aliphatic hydroxyl groups is 1. The van der Waals surface area contributed by atoms with Crippen molar-refractivity contribution in [1.29, 1.82) is 0 Å². The van der Waals surface area contributed by atoms with Crippen molar-refractivity contribution < 1.29 is 19.8 Å². The van der Waals surface area contributed by atoms with Crippen LogP contribution in [0.25, 0.3) is 0 Å². The van der Waals surface area contributed by atoms with E-state index in [0.29, 0.717) is 6.54 Å². The molecule has 0 fully saturated rings. The largest absolute Gasteiger partial charge is 0.480 e. The number of amides is 1. The minimum atomic E-state index is -1.27. The van der Waals surface area contributed by atoms with Gasteiger partial charge in [-0.15, -0.1) is 0 Å². The Balaban J connectivity index is 2.15. The molecular formula is C13H16N2O4. The molecule has 2 unspecified atom stereocenters. The number of hydrogen-bond donors (Lipinski definition) is 4. The first-order valence-corrected chi connectivity index (χ1v) is 6.08. The molecule has 6 heteroatoms. The molecule has 19 heavy (non-hydrogen) atoms. The SMILES string of the molecule is O=C(O)C(CO)NC(=O)C1NCCc2ccccc21. The van der Waals surface area contributed by atoms with E-state index in [1.165, 1.54) is 0 Å². The van der Waals surface area contributed by atoms with E-state index >= 15 is 0 Å². The predicted octanol–water partition coefficient (Wildman–Crippen LogP) is -0.565. The van der Waals surface area contributed by atoms with Gasteiger partial charge in [0.25, 0.3) is 0 Å². The molecule has 1 aromatic rings. The Labute approximate surface area is 110 Å². The Hall–Kier alpha value is -1.92. The van der Waals surface area contributed by atoms with E-state index in [9.17, 15) is 9.59 Å². The summed E-state index contributed by atoms with van der Waals surface area (Å²) in [6, 6.07) is 5.71. The summed E-state index contributed by atoms with van der Waals surface area (Å²) in [6.45, 7) is 0.0292. The smallest absolute Gasteiger partial charge is 0.328 e. The van der Waals surface area contributed by atoms with Crippen molar-refractivity contribution in [2.45, 2.75) is 18.5 Å². The zero-order valence-electron chi connectivity index (χ0n) is 10.3. The van der Waals surface area contributed by atoms with Gasteiger partial charge in [0.1, 0.15) is 12.1 Å². The Bertz CT molecular complexity index is 489. The van der Waals surface area contributed by atoms with Crippen LogP contribution in [0.15, 0.2) is 24.3 Å². The van der Waals surface area contributed by atoms with Crippen molar-refractivity contribution in [3.8, 4) is 0 Å². The molecule has 0 spiro atoms. The van der Waals surface area contributed by atoms with Gasteiger partial charge in [0.05, 0.1) is 6.61 Å². The fraction of sp³-hybridized carbons (Fsp3) is 0.385. The molecule has 4 N–H and O–H groups in total. The summed E-state index contributed by atoms with van der Waals surface area (Å²) in [6.07, 6.45) is 0.836. The first-order valence-electron chi connectivity index (χ1n) is 6.08. The van der Waals surface area contributed by atoms with Crippen molar-refractivity contribution in [3.63, 3.8) is 0 Å². The molecule has 0 radical (unpaired) electrons. The normalized spacial score (nSPS) is 19.3. The number of hydrogen-bond acceptors (Lipinski definition) is 4. The van der Waals surface area contributed by atoms with E-state index in [2.05, 4.69) is 10.6 Å². The Morgan fingerprint density at radius 3 is 2.84 bits per heavy atom. The highest BCUT2D eigenvalue weighted by molar-refractivity contribution is 5.88. The van der Waals surface area contributed by atoms with Gasteiger partial charge < -0.3 is 20.8 Å². The third-order valence-electron chi connectivity index (χ3n) is 3.17. The van der Waals surface area contributed by atoms with Crippen LogP contribution in [0, 0.1) is 0 Å². The van der Waals surface area contributed by atoms with Gasteiger partial charge in [-0.2, -0.15) is 0 Å². The summed E-state index contributed by atoms with van der Waals surface area (Å²) in [4.78, 5) is 22.9. The lowest BCUT2D eigenvalue weighted by Crippen LogP contribution is -2.49. The molecule has 0 aromatic heterocycles. The van der Waals surface area contributed by atoms with Crippen LogP contribution in [-0.4, -0.2) is 41.3 Å². The average Bonchev–Trinajstić information content (AvgIpc) is 2.43. The van der Waals surface area contributed by atoms with Crippen molar-refractivity contribution in [2.24, 2.45) is 0 Å². The van der Waals surface area contributed by atoms with Crippen molar-refractivity contribution in [2.75, 3.05) is 13.2 Å². The molecule has 0 saturated carbocycles. The number of nitrogens with one attached hydrogen (secondary N) is 2. The fourth-order valence-corrected chi connectivity index (χ4v) is 2.18. The summed E-state index contributed by atoms with van der Waals surface area (Å²) in [7, 11) is 0. The lowest BCUT2D eigenvalue weighted by atomic mass is 9.94. The average molecular weight is 264 g/mol. The lowest BCUT2D eigenvalue weighted by Gasteiger charge is -2.27. The fourth-order valence-electron chi connectivity index (χ4n) is 2.18. The minimum Gasteiger partial charge on any atom is -0.480 e. The van der Waals surface area contributed by atoms with Gasteiger partial charge in [-0.25, -0.2) is 4.79 Å². The van der Waals surface area contributed by atoms with Crippen LogP contribution in [0.5, 0.6) is 0 Å². The van der Waals surface area contributed by atoms with Gasteiger partial charge in [0.15, 0.2) is 0 Å². The third kappa shape index (κ3) is 2.91. The minimum absolute atomic E-state index is 0.436. The van der Waals surface area contributed by atoms with Crippen LogP contribution in [0.4, 0.5) is 0 Å². The number of carbonyl (C=O) groups is 2. The number of aliphatic carboxylic acids is 1. The highest BCUT2D eigenvalue weighted by Gasteiger charge is 2.28. The van der Waals surface area contributed by atoms with E-state index in [0.717, 1.165) is 17.5 Å². The van der Waals surface area contributed by atoms with Crippen LogP contribution < -0.4 is 10.6 Å². The number of aliphatic hydroxyl groups excluding tert-OH is 1. The number of carboxylic acid groups (broad SMARTS) is 1. The maximum atomic E-state index is 12.1. The number of carboxylic acids is 1. The third-order valence-corrected chi connectivity index (χ3v) is 3.17. The van der Waals surface area contributed by atoms with Crippen LogP contribution >= 0.6 is 0 Å². The molecule has 1 aromatic carbocycles. The molecule has 102 valence electrons. The van der Waals surface area contributed by atoms with Crippen LogP contribution in [-0.2, 0) is 16.0 Å². The Morgan fingerprint density at radius 1 is 1.42 bits per heavy atom. The summed E-state index contributed by atoms with van der Waals surface area (Å²) >= 11 is 0. The molecule has 0 bridgehead atoms. The maximum absolute atomic E-state index is 12.1. The molecule has 0 aliphatic carbocycles. The first kappa shape index (κ1) is 13.5. The molecule has 6 nitrogen and oxygen atoms in total. The second-order valence-corrected chi connectivity index (χ2v) is 4.42. The zero-order valence-corrected chi connectivity index (χ0v) is 10.3.